The van der Waals surface area contributed by atoms with E-state index in [-0.39, 0.29) is 0 Å². The summed E-state index contributed by atoms with van der Waals surface area (Å²) in [6.45, 7) is 11.3. The quantitative estimate of drug-likeness (QED) is 0.506. The van der Waals surface area contributed by atoms with Gasteiger partial charge in [0, 0.05) is 0 Å². The molecule has 0 bridgehead atoms. The van der Waals surface area contributed by atoms with Gasteiger partial charge >= 0.3 is 81.1 Å². The average Bonchev–Trinajstić information content (AvgIpc) is 2.06. The average molecular weight is 183 g/mol. The van der Waals surface area contributed by atoms with Crippen LogP contribution in [0.25, 0.3) is 0 Å². The van der Waals surface area contributed by atoms with Crippen LogP contribution >= 0.6 is 0 Å². The van der Waals surface area contributed by atoms with Crippen LogP contribution in [-0.4, -0.2) is 0 Å². The molecule has 0 saturated carbocycles. The van der Waals surface area contributed by atoms with E-state index in [0.717, 1.165) is 0 Å². The first-order chi connectivity index (χ1) is 4.89. The van der Waals surface area contributed by atoms with Crippen molar-refractivity contribution >= 4 is 0 Å². The summed E-state index contributed by atoms with van der Waals surface area (Å²) in [6, 6.07) is 0. The van der Waals surface area contributed by atoms with Gasteiger partial charge in [-0.1, -0.05) is 0 Å². The number of rotatable bonds is 0. The molecule has 0 amide bonds. The van der Waals surface area contributed by atoms with Crippen molar-refractivity contribution in [2.24, 2.45) is 5.41 Å². The van der Waals surface area contributed by atoms with Gasteiger partial charge in [-0.15, -0.1) is 0 Å². The van der Waals surface area contributed by atoms with Crippen molar-refractivity contribution in [2.45, 2.75) is 34.6 Å². The summed E-state index contributed by atoms with van der Waals surface area (Å²) in [6.07, 6.45) is 0. The van der Waals surface area contributed by atoms with E-state index in [1.807, 2.05) is 0 Å². The Morgan fingerprint density at radius 2 is 1.45 bits per heavy atom. The molecule has 0 radical (unpaired) electrons. The zero-order valence-electron chi connectivity index (χ0n) is 8.00. The molecule has 0 aliphatic heterocycles. The molecule has 0 heterocycles. The Morgan fingerprint density at radius 1 is 1.00 bits per heavy atom. The van der Waals surface area contributed by atoms with Gasteiger partial charge in [0.25, 0.3) is 0 Å². The van der Waals surface area contributed by atoms with E-state index in [1.54, 1.807) is 0 Å². The summed E-state index contributed by atoms with van der Waals surface area (Å²) in [7, 11) is 0. The van der Waals surface area contributed by atoms with E-state index in [1.165, 1.54) is 20.6 Å². The molecular formula is C10H15Ti. The molecule has 0 aromatic rings. The van der Waals surface area contributed by atoms with Crippen LogP contribution < -0.4 is 0 Å². The van der Waals surface area contributed by atoms with E-state index in [4.69, 9.17) is 0 Å². The zero-order chi connectivity index (χ0) is 8.81. The van der Waals surface area contributed by atoms with Gasteiger partial charge in [-0.05, 0) is 0 Å². The van der Waals surface area contributed by atoms with Crippen LogP contribution in [0.1, 0.15) is 34.6 Å². The van der Waals surface area contributed by atoms with Crippen LogP contribution in [-0.2, 0) is 20.4 Å². The van der Waals surface area contributed by atoms with Crippen LogP contribution in [0.15, 0.2) is 20.6 Å². The molecule has 0 saturated heterocycles. The van der Waals surface area contributed by atoms with Crippen molar-refractivity contribution in [1.29, 1.82) is 0 Å². The molecule has 0 unspecified atom stereocenters. The molecule has 1 heteroatoms. The van der Waals surface area contributed by atoms with E-state index in [9.17, 15) is 0 Å². The number of allylic oxidation sites excluding steroid dienone is 4. The Kier molecular flexibility index (Phi) is 2.20. The summed E-state index contributed by atoms with van der Waals surface area (Å²) in [5, 5.41) is 0. The maximum absolute atomic E-state index is 2.30. The SMILES string of the molecule is CC1=C(C)C(C)(C)[C]([Ti])=C1C. The second-order valence-corrected chi connectivity index (χ2v) is 4.66. The Morgan fingerprint density at radius 3 is 1.55 bits per heavy atom. The fourth-order valence-electron chi connectivity index (χ4n) is 1.59. The van der Waals surface area contributed by atoms with Crippen LogP contribution in [0.2, 0.25) is 0 Å². The van der Waals surface area contributed by atoms with Crippen molar-refractivity contribution < 1.29 is 20.4 Å². The van der Waals surface area contributed by atoms with Crippen LogP contribution in [0.5, 0.6) is 0 Å². The molecule has 0 spiro atoms. The van der Waals surface area contributed by atoms with Gasteiger partial charge in [0.2, 0.25) is 0 Å². The normalized spacial score (nSPS) is 23.3. The summed E-state index contributed by atoms with van der Waals surface area (Å²) in [4.78, 5) is 0. The van der Waals surface area contributed by atoms with Crippen molar-refractivity contribution in [3.63, 3.8) is 0 Å². The standard InChI is InChI=1S/C10H15.Ti/c1-7-6-10(4,5)9(3)8(7)2;/h1-5H3;. The van der Waals surface area contributed by atoms with Crippen LogP contribution in [0, 0.1) is 5.41 Å². The molecule has 0 aromatic carbocycles. The first kappa shape index (κ1) is 9.28. The second kappa shape index (κ2) is 2.60. The molecule has 1 aliphatic rings. The van der Waals surface area contributed by atoms with Crippen molar-refractivity contribution in [2.75, 3.05) is 0 Å². The molecule has 0 aromatic heterocycles. The Hall–Kier alpha value is 0.194. The monoisotopic (exact) mass is 183 g/mol. The molecule has 0 nitrogen and oxygen atoms in total. The van der Waals surface area contributed by atoms with Gasteiger partial charge in [0.05, 0.1) is 0 Å². The number of hydrogen-bond acceptors (Lipinski definition) is 0. The van der Waals surface area contributed by atoms with Gasteiger partial charge in [-0.25, -0.2) is 0 Å². The first-order valence-corrected chi connectivity index (χ1v) is 4.78. The molecular weight excluding hydrogens is 168 g/mol. The van der Waals surface area contributed by atoms with Gasteiger partial charge in [0.15, 0.2) is 0 Å². The molecule has 1 aliphatic carbocycles. The zero-order valence-corrected chi connectivity index (χ0v) is 9.56. The number of hydrogen-bond donors (Lipinski definition) is 0. The predicted octanol–water partition coefficient (Wildman–Crippen LogP) is 3.18. The Labute approximate surface area is 81.2 Å². The first-order valence-electron chi connectivity index (χ1n) is 4.00. The van der Waals surface area contributed by atoms with E-state index in [0.29, 0.717) is 5.41 Å². The van der Waals surface area contributed by atoms with Crippen LogP contribution in [0.3, 0.4) is 0 Å². The summed E-state index contributed by atoms with van der Waals surface area (Å²) in [5.41, 5.74) is 4.83. The van der Waals surface area contributed by atoms with Gasteiger partial charge < -0.3 is 0 Å². The maximum atomic E-state index is 2.30. The molecule has 0 N–H and O–H groups in total. The van der Waals surface area contributed by atoms with Crippen molar-refractivity contribution in [1.82, 2.24) is 0 Å². The molecule has 59 valence electrons. The minimum absolute atomic E-state index is 0.314. The van der Waals surface area contributed by atoms with E-state index < -0.39 is 0 Å². The molecule has 11 heavy (non-hydrogen) atoms. The predicted molar refractivity (Wildman–Crippen MR) is 44.9 cm³/mol. The fraction of sp³-hybridized carbons (Fsp3) is 0.600. The third-order valence-electron chi connectivity index (χ3n) is 3.06. The van der Waals surface area contributed by atoms with Gasteiger partial charge in [0.1, 0.15) is 0 Å². The second-order valence-electron chi connectivity index (χ2n) is 3.88. The van der Waals surface area contributed by atoms with Crippen molar-refractivity contribution in [3.8, 4) is 0 Å². The Bertz CT molecular complexity index is 228. The minimum atomic E-state index is 0.314. The summed E-state index contributed by atoms with van der Waals surface area (Å²) < 4.78 is 1.53. The van der Waals surface area contributed by atoms with E-state index in [2.05, 4.69) is 55.1 Å². The van der Waals surface area contributed by atoms with Gasteiger partial charge in [-0.2, -0.15) is 0 Å². The summed E-state index contributed by atoms with van der Waals surface area (Å²) in [5.74, 6) is 0. The summed E-state index contributed by atoms with van der Waals surface area (Å²) >= 11 is 2.25. The van der Waals surface area contributed by atoms with Crippen molar-refractivity contribution in [3.05, 3.63) is 20.6 Å². The van der Waals surface area contributed by atoms with Gasteiger partial charge in [-0.3, -0.25) is 0 Å². The van der Waals surface area contributed by atoms with Crippen LogP contribution in [0.4, 0.5) is 0 Å². The molecule has 1 rings (SSSR count). The third kappa shape index (κ3) is 1.17. The molecule has 0 fully saturated rings. The fourth-order valence-corrected chi connectivity index (χ4v) is 2.18. The molecule has 0 atom stereocenters. The topological polar surface area (TPSA) is 0 Å². The Balaban J connectivity index is 3.27. The third-order valence-corrected chi connectivity index (χ3v) is 4.62. The van der Waals surface area contributed by atoms with E-state index >= 15 is 0 Å².